The molecular weight excluding hydrogens is 530 g/mol. The van der Waals surface area contributed by atoms with Gasteiger partial charge in [-0.3, -0.25) is 4.98 Å². The minimum atomic E-state index is 0.383. The predicted molar refractivity (Wildman–Crippen MR) is 186 cm³/mol. The van der Waals surface area contributed by atoms with Gasteiger partial charge in [-0.05, 0) is 133 Å². The molecular formula is C43H57N. The van der Waals surface area contributed by atoms with Crippen molar-refractivity contribution >= 4 is 0 Å². The van der Waals surface area contributed by atoms with Crippen LogP contribution in [0.2, 0.25) is 0 Å². The van der Waals surface area contributed by atoms with Crippen LogP contribution in [-0.2, 0) is 12.8 Å². The first-order chi connectivity index (χ1) is 21.2. The first kappa shape index (κ1) is 30.3. The van der Waals surface area contributed by atoms with Crippen LogP contribution in [0.1, 0.15) is 109 Å². The van der Waals surface area contributed by atoms with Gasteiger partial charge < -0.3 is 0 Å². The Morgan fingerprint density at radius 3 is 2.30 bits per heavy atom. The molecule has 234 valence electrons. The number of nitrogens with zero attached hydrogens (tertiary/aromatic N) is 1. The third kappa shape index (κ3) is 5.19. The summed E-state index contributed by atoms with van der Waals surface area (Å²) in [6.45, 7) is 15.1. The molecule has 0 N–H and O–H groups in total. The van der Waals surface area contributed by atoms with Gasteiger partial charge in [0, 0.05) is 11.3 Å². The summed E-state index contributed by atoms with van der Waals surface area (Å²) in [5.41, 5.74) is 10.4. The lowest BCUT2D eigenvalue weighted by atomic mass is 9.44. The zero-order chi connectivity index (χ0) is 30.6. The molecule has 3 saturated carbocycles. The van der Waals surface area contributed by atoms with Crippen molar-refractivity contribution in [1.82, 2.24) is 4.98 Å². The lowest BCUT2D eigenvalue weighted by molar-refractivity contribution is -0.103. The van der Waals surface area contributed by atoms with Crippen LogP contribution in [0.3, 0.4) is 0 Å². The van der Waals surface area contributed by atoms with Crippen molar-refractivity contribution in [2.75, 3.05) is 0 Å². The monoisotopic (exact) mass is 587 g/mol. The number of aryl methyl sites for hydroxylation is 1. The molecule has 2 aromatic carbocycles. The maximum absolute atomic E-state index is 5.44. The third-order valence-electron chi connectivity index (χ3n) is 13.9. The second-order valence-electron chi connectivity index (χ2n) is 16.8. The van der Waals surface area contributed by atoms with Crippen LogP contribution in [0, 0.1) is 59.2 Å². The molecule has 4 aliphatic rings. The number of rotatable bonds is 7. The van der Waals surface area contributed by atoms with Gasteiger partial charge in [0.25, 0.3) is 0 Å². The molecule has 0 spiro atoms. The van der Waals surface area contributed by atoms with Crippen molar-refractivity contribution in [3.05, 3.63) is 77.5 Å². The number of hydrogen-bond donors (Lipinski definition) is 0. The normalized spacial score (nSPS) is 33.3. The Hall–Kier alpha value is -2.41. The van der Waals surface area contributed by atoms with Gasteiger partial charge in [0.15, 0.2) is 0 Å². The van der Waals surface area contributed by atoms with Crippen LogP contribution in [-0.4, -0.2) is 4.98 Å². The van der Waals surface area contributed by atoms with E-state index in [9.17, 15) is 0 Å². The van der Waals surface area contributed by atoms with Crippen molar-refractivity contribution in [3.8, 4) is 22.4 Å². The average molecular weight is 588 g/mol. The Balaban J connectivity index is 1.20. The maximum atomic E-state index is 5.44. The summed E-state index contributed by atoms with van der Waals surface area (Å²) >= 11 is 0. The smallest absolute Gasteiger partial charge is 0.0711 e. The molecule has 0 aliphatic heterocycles. The van der Waals surface area contributed by atoms with Gasteiger partial charge in [-0.15, -0.1) is 0 Å². The van der Waals surface area contributed by atoms with Crippen molar-refractivity contribution in [2.24, 2.45) is 52.3 Å². The fourth-order valence-corrected chi connectivity index (χ4v) is 11.5. The van der Waals surface area contributed by atoms with E-state index in [1.54, 1.807) is 5.56 Å². The van der Waals surface area contributed by atoms with Crippen LogP contribution in [0.25, 0.3) is 22.4 Å². The Labute approximate surface area is 268 Å². The minimum absolute atomic E-state index is 0.383. The van der Waals surface area contributed by atoms with Gasteiger partial charge in [-0.2, -0.15) is 0 Å². The lowest BCUT2D eigenvalue weighted by Gasteiger charge is -2.61. The highest BCUT2D eigenvalue weighted by atomic mass is 14.7. The second-order valence-corrected chi connectivity index (χ2v) is 16.8. The molecule has 1 heteroatoms. The van der Waals surface area contributed by atoms with Gasteiger partial charge in [-0.1, -0.05) is 114 Å². The molecule has 0 radical (unpaired) electrons. The molecule has 3 fully saturated rings. The number of pyridine rings is 1. The standard InChI is InChI=1S/C43H57N/c1-28(2)11-10-12-30(4)37-21-22-38-34-20-19-33-25-41-36(27-43(33,6)39(34)23-24-42(37,38)5)35(31-17-15-29(3)16-18-31)26-40(44-41)32-13-8-7-9-14-32/h7-9,13-18,26,28,30,33-34,37-39H,10-12,19-25,27H2,1-6H3/t30-,33-,34?,37+,38?,39?,42+,43-/m0/s1. The number of fused-ring (bicyclic) bond motifs is 6. The highest BCUT2D eigenvalue weighted by Crippen LogP contribution is 2.68. The summed E-state index contributed by atoms with van der Waals surface area (Å²) < 4.78 is 0. The van der Waals surface area contributed by atoms with Gasteiger partial charge in [0.2, 0.25) is 0 Å². The van der Waals surface area contributed by atoms with Crippen LogP contribution >= 0.6 is 0 Å². The molecule has 0 bridgehead atoms. The molecule has 0 amide bonds. The highest BCUT2D eigenvalue weighted by Gasteiger charge is 2.60. The third-order valence-corrected chi connectivity index (χ3v) is 13.9. The summed E-state index contributed by atoms with van der Waals surface area (Å²) in [4.78, 5) is 5.44. The Kier molecular flexibility index (Phi) is 8.08. The molecule has 3 aromatic rings. The van der Waals surface area contributed by atoms with Crippen LogP contribution < -0.4 is 0 Å². The Morgan fingerprint density at radius 1 is 0.795 bits per heavy atom. The molecule has 1 aromatic heterocycles. The quantitative estimate of drug-likeness (QED) is 0.268. The van der Waals surface area contributed by atoms with Crippen molar-refractivity contribution in [3.63, 3.8) is 0 Å². The van der Waals surface area contributed by atoms with E-state index in [1.165, 1.54) is 92.2 Å². The maximum Gasteiger partial charge on any atom is 0.0711 e. The molecule has 3 unspecified atom stereocenters. The first-order valence-corrected chi connectivity index (χ1v) is 18.3. The average Bonchev–Trinajstić information content (AvgIpc) is 3.37. The largest absolute Gasteiger partial charge is 0.253 e. The van der Waals surface area contributed by atoms with E-state index in [0.29, 0.717) is 10.8 Å². The number of aromatic nitrogens is 1. The number of benzene rings is 2. The van der Waals surface area contributed by atoms with E-state index >= 15 is 0 Å². The molecule has 7 rings (SSSR count). The first-order valence-electron chi connectivity index (χ1n) is 18.3. The molecule has 44 heavy (non-hydrogen) atoms. The minimum Gasteiger partial charge on any atom is -0.253 e. The predicted octanol–water partition coefficient (Wildman–Crippen LogP) is 11.8. The van der Waals surface area contributed by atoms with Gasteiger partial charge in [0.1, 0.15) is 0 Å². The Morgan fingerprint density at radius 2 is 1.55 bits per heavy atom. The van der Waals surface area contributed by atoms with Crippen molar-refractivity contribution in [1.29, 1.82) is 0 Å². The van der Waals surface area contributed by atoms with E-state index in [2.05, 4.69) is 102 Å². The van der Waals surface area contributed by atoms with Crippen LogP contribution in [0.15, 0.2) is 60.7 Å². The summed E-state index contributed by atoms with van der Waals surface area (Å²) in [5, 5.41) is 0. The summed E-state index contributed by atoms with van der Waals surface area (Å²) in [6.07, 6.45) is 15.4. The molecule has 1 heterocycles. The lowest BCUT2D eigenvalue weighted by Crippen LogP contribution is -2.54. The van der Waals surface area contributed by atoms with Crippen molar-refractivity contribution < 1.29 is 0 Å². The van der Waals surface area contributed by atoms with E-state index < -0.39 is 0 Å². The zero-order valence-electron chi connectivity index (χ0n) is 28.5. The molecule has 8 atom stereocenters. The number of hydrogen-bond acceptors (Lipinski definition) is 1. The molecule has 0 saturated heterocycles. The van der Waals surface area contributed by atoms with E-state index in [-0.39, 0.29) is 0 Å². The molecule has 4 aliphatic carbocycles. The van der Waals surface area contributed by atoms with E-state index in [1.807, 2.05) is 0 Å². The van der Waals surface area contributed by atoms with Gasteiger partial charge in [0.05, 0.1) is 5.69 Å². The fourth-order valence-electron chi connectivity index (χ4n) is 11.5. The summed E-state index contributed by atoms with van der Waals surface area (Å²) in [5.74, 6) is 6.15. The van der Waals surface area contributed by atoms with Crippen LogP contribution in [0.5, 0.6) is 0 Å². The highest BCUT2D eigenvalue weighted by molar-refractivity contribution is 5.75. The SMILES string of the molecule is Cc1ccc(-c2cc(-c3ccccc3)nc3c2C[C@]2(C)C4CC[C@@]5(C)C(CC[C@@H]5[C@@H](C)CCCC(C)C)C4CC[C@H]2C3)cc1. The Bertz CT molecular complexity index is 1450. The second kappa shape index (κ2) is 11.7. The van der Waals surface area contributed by atoms with Crippen molar-refractivity contribution in [2.45, 2.75) is 112 Å². The topological polar surface area (TPSA) is 12.9 Å². The van der Waals surface area contributed by atoms with Crippen LogP contribution in [0.4, 0.5) is 0 Å². The zero-order valence-corrected chi connectivity index (χ0v) is 28.5. The fraction of sp³-hybridized carbons (Fsp3) is 0.605. The molecule has 1 nitrogen and oxygen atoms in total. The van der Waals surface area contributed by atoms with Gasteiger partial charge >= 0.3 is 0 Å². The van der Waals surface area contributed by atoms with Gasteiger partial charge in [-0.25, -0.2) is 0 Å². The van der Waals surface area contributed by atoms with E-state index in [4.69, 9.17) is 4.98 Å². The summed E-state index contributed by atoms with van der Waals surface area (Å²) in [7, 11) is 0. The van der Waals surface area contributed by atoms with E-state index in [0.717, 1.165) is 53.5 Å². The summed E-state index contributed by atoms with van der Waals surface area (Å²) in [6, 6.07) is 22.6.